The SMILES string of the molecule is Nc1cc(Cl)nc(Cl)c1F. The summed E-state index contributed by atoms with van der Waals surface area (Å²) in [5.41, 5.74) is 5.04. The van der Waals surface area contributed by atoms with Crippen LogP contribution in [-0.2, 0) is 0 Å². The normalized spacial score (nSPS) is 9.90. The minimum Gasteiger partial charge on any atom is -0.396 e. The largest absolute Gasteiger partial charge is 0.396 e. The van der Waals surface area contributed by atoms with Crippen LogP contribution in [0, 0.1) is 5.82 Å². The maximum absolute atomic E-state index is 12.5. The number of hydrogen-bond acceptors (Lipinski definition) is 2. The smallest absolute Gasteiger partial charge is 0.183 e. The highest BCUT2D eigenvalue weighted by molar-refractivity contribution is 6.32. The number of anilines is 1. The van der Waals surface area contributed by atoms with Crippen molar-refractivity contribution in [1.29, 1.82) is 0 Å². The topological polar surface area (TPSA) is 38.9 Å². The molecule has 10 heavy (non-hydrogen) atoms. The number of aromatic nitrogens is 1. The van der Waals surface area contributed by atoms with Crippen molar-refractivity contribution in [3.63, 3.8) is 0 Å². The molecule has 0 radical (unpaired) electrons. The predicted molar refractivity (Wildman–Crippen MR) is 38.6 cm³/mol. The van der Waals surface area contributed by atoms with E-state index in [-0.39, 0.29) is 16.0 Å². The third-order valence-electron chi connectivity index (χ3n) is 0.914. The Bertz CT molecular complexity index is 241. The van der Waals surface area contributed by atoms with E-state index in [9.17, 15) is 4.39 Å². The van der Waals surface area contributed by atoms with Crippen molar-refractivity contribution in [3.05, 3.63) is 22.2 Å². The summed E-state index contributed by atoms with van der Waals surface area (Å²) in [5.74, 6) is -0.730. The molecule has 2 N–H and O–H groups in total. The van der Waals surface area contributed by atoms with Gasteiger partial charge >= 0.3 is 0 Å². The molecule has 5 heteroatoms. The van der Waals surface area contributed by atoms with Crippen molar-refractivity contribution in [3.8, 4) is 0 Å². The maximum Gasteiger partial charge on any atom is 0.183 e. The summed E-state index contributed by atoms with van der Waals surface area (Å²) in [7, 11) is 0. The lowest BCUT2D eigenvalue weighted by atomic mass is 10.4. The lowest BCUT2D eigenvalue weighted by Gasteiger charge is -1.97. The maximum atomic E-state index is 12.5. The minimum absolute atomic E-state index is 0.0869. The van der Waals surface area contributed by atoms with Gasteiger partial charge in [-0.3, -0.25) is 0 Å². The lowest BCUT2D eigenvalue weighted by Crippen LogP contribution is -1.93. The fraction of sp³-hybridized carbons (Fsp3) is 0. The second-order valence-corrected chi connectivity index (χ2v) is 2.38. The van der Waals surface area contributed by atoms with E-state index < -0.39 is 5.82 Å². The van der Waals surface area contributed by atoms with Crippen LogP contribution in [0.3, 0.4) is 0 Å². The van der Waals surface area contributed by atoms with E-state index in [1.807, 2.05) is 0 Å². The zero-order valence-corrected chi connectivity index (χ0v) is 6.25. The molecule has 0 aliphatic carbocycles. The van der Waals surface area contributed by atoms with Crippen molar-refractivity contribution in [2.24, 2.45) is 0 Å². The molecule has 54 valence electrons. The molecule has 1 rings (SSSR count). The van der Waals surface area contributed by atoms with E-state index in [4.69, 9.17) is 28.9 Å². The van der Waals surface area contributed by atoms with Gasteiger partial charge in [-0.2, -0.15) is 0 Å². The molecule has 0 atom stereocenters. The van der Waals surface area contributed by atoms with Crippen LogP contribution in [0.5, 0.6) is 0 Å². The summed E-state index contributed by atoms with van der Waals surface area (Å²) < 4.78 is 12.5. The zero-order chi connectivity index (χ0) is 7.72. The van der Waals surface area contributed by atoms with Crippen LogP contribution in [-0.4, -0.2) is 4.98 Å². The standard InChI is InChI=1S/C5H3Cl2FN2/c6-3-1-2(9)4(8)5(7)10-3/h1H,(H2,9,10). The molecule has 0 aromatic carbocycles. The van der Waals surface area contributed by atoms with Crippen LogP contribution in [0.15, 0.2) is 6.07 Å². The third-order valence-corrected chi connectivity index (χ3v) is 1.36. The first-order valence-electron chi connectivity index (χ1n) is 2.38. The Morgan fingerprint density at radius 2 is 2.10 bits per heavy atom. The molecule has 1 heterocycles. The first-order valence-corrected chi connectivity index (χ1v) is 3.14. The van der Waals surface area contributed by atoms with Gasteiger partial charge in [0.25, 0.3) is 0 Å². The summed E-state index contributed by atoms with van der Waals surface area (Å²) in [6.45, 7) is 0. The second kappa shape index (κ2) is 2.60. The summed E-state index contributed by atoms with van der Waals surface area (Å²) in [6, 6.07) is 1.20. The van der Waals surface area contributed by atoms with Crippen molar-refractivity contribution in [2.75, 3.05) is 5.73 Å². The predicted octanol–water partition coefficient (Wildman–Crippen LogP) is 2.11. The quantitative estimate of drug-likeness (QED) is 0.622. The van der Waals surface area contributed by atoms with E-state index in [1.54, 1.807) is 0 Å². The van der Waals surface area contributed by atoms with E-state index >= 15 is 0 Å². The third kappa shape index (κ3) is 1.30. The van der Waals surface area contributed by atoms with E-state index in [1.165, 1.54) is 6.07 Å². The van der Waals surface area contributed by atoms with Gasteiger partial charge in [0.1, 0.15) is 5.15 Å². The Morgan fingerprint density at radius 1 is 1.50 bits per heavy atom. The van der Waals surface area contributed by atoms with Crippen LogP contribution in [0.2, 0.25) is 10.3 Å². The Hall–Kier alpha value is -0.540. The van der Waals surface area contributed by atoms with Crippen LogP contribution >= 0.6 is 23.2 Å². The number of nitrogen functional groups attached to an aromatic ring is 1. The fourth-order valence-corrected chi connectivity index (χ4v) is 0.931. The van der Waals surface area contributed by atoms with E-state index in [0.29, 0.717) is 0 Å². The molecular formula is C5H3Cl2FN2. The van der Waals surface area contributed by atoms with Gasteiger partial charge in [-0.1, -0.05) is 23.2 Å². The molecule has 2 nitrogen and oxygen atoms in total. The second-order valence-electron chi connectivity index (χ2n) is 1.64. The number of hydrogen-bond donors (Lipinski definition) is 1. The first-order chi connectivity index (χ1) is 4.61. The Kier molecular flexibility index (Phi) is 1.97. The van der Waals surface area contributed by atoms with E-state index in [0.717, 1.165) is 0 Å². The van der Waals surface area contributed by atoms with Gasteiger partial charge in [0, 0.05) is 6.07 Å². The summed E-state index contributed by atoms with van der Waals surface area (Å²) >= 11 is 10.6. The summed E-state index contributed by atoms with van der Waals surface area (Å²) in [5, 5.41) is -0.214. The number of halogens is 3. The molecule has 1 aromatic rings. The van der Waals surface area contributed by atoms with Gasteiger partial charge in [0.05, 0.1) is 5.69 Å². The number of rotatable bonds is 0. The zero-order valence-electron chi connectivity index (χ0n) is 4.74. The van der Waals surface area contributed by atoms with Crippen LogP contribution in [0.4, 0.5) is 10.1 Å². The molecule has 0 saturated heterocycles. The van der Waals surface area contributed by atoms with Crippen molar-refractivity contribution in [1.82, 2.24) is 4.98 Å². The highest BCUT2D eigenvalue weighted by Gasteiger charge is 2.05. The number of nitrogens with two attached hydrogens (primary N) is 1. The van der Waals surface area contributed by atoms with Gasteiger partial charge in [0.15, 0.2) is 11.0 Å². The molecule has 0 fully saturated rings. The van der Waals surface area contributed by atoms with E-state index in [2.05, 4.69) is 4.98 Å². The van der Waals surface area contributed by atoms with Crippen molar-refractivity contribution in [2.45, 2.75) is 0 Å². The summed E-state index contributed by atoms with van der Waals surface area (Å²) in [6.07, 6.45) is 0. The molecule has 0 unspecified atom stereocenters. The minimum atomic E-state index is -0.730. The molecule has 0 spiro atoms. The average molecular weight is 181 g/mol. The van der Waals surface area contributed by atoms with Crippen LogP contribution in [0.25, 0.3) is 0 Å². The highest BCUT2D eigenvalue weighted by Crippen LogP contribution is 2.20. The molecule has 0 aliphatic heterocycles. The molecular weight excluding hydrogens is 178 g/mol. The van der Waals surface area contributed by atoms with Gasteiger partial charge < -0.3 is 5.73 Å². The lowest BCUT2D eigenvalue weighted by molar-refractivity contribution is 0.627. The molecule has 0 aliphatic rings. The average Bonchev–Trinajstić information content (AvgIpc) is 1.82. The Morgan fingerprint density at radius 3 is 2.60 bits per heavy atom. The van der Waals surface area contributed by atoms with Crippen molar-refractivity contribution >= 4 is 28.9 Å². The first kappa shape index (κ1) is 7.57. The molecule has 1 aromatic heterocycles. The van der Waals surface area contributed by atoms with Gasteiger partial charge in [-0.05, 0) is 0 Å². The van der Waals surface area contributed by atoms with Gasteiger partial charge in [-0.25, -0.2) is 9.37 Å². The summed E-state index contributed by atoms with van der Waals surface area (Å²) in [4.78, 5) is 3.41. The van der Waals surface area contributed by atoms with Gasteiger partial charge in [0.2, 0.25) is 0 Å². The molecule has 0 bridgehead atoms. The van der Waals surface area contributed by atoms with Gasteiger partial charge in [-0.15, -0.1) is 0 Å². The number of nitrogens with zero attached hydrogens (tertiary/aromatic N) is 1. The molecule has 0 amide bonds. The highest BCUT2D eigenvalue weighted by atomic mass is 35.5. The number of pyridine rings is 1. The molecule has 0 saturated carbocycles. The Labute approximate surface area is 66.8 Å². The fourth-order valence-electron chi connectivity index (χ4n) is 0.486. The van der Waals surface area contributed by atoms with Crippen LogP contribution < -0.4 is 5.73 Å². The van der Waals surface area contributed by atoms with Crippen molar-refractivity contribution < 1.29 is 4.39 Å². The van der Waals surface area contributed by atoms with Crippen LogP contribution in [0.1, 0.15) is 0 Å². The monoisotopic (exact) mass is 180 g/mol. The Balaban J connectivity index is 3.31.